The first kappa shape index (κ1) is 11.9. The summed E-state index contributed by atoms with van der Waals surface area (Å²) in [4.78, 5) is 10.4. The van der Waals surface area contributed by atoms with Gasteiger partial charge in [0.1, 0.15) is 11.0 Å². The Kier molecular flexibility index (Phi) is 3.03. The maximum atomic E-state index is 10.4. The lowest BCUT2D eigenvalue weighted by atomic mass is 10.1. The number of nitrogens with zero attached hydrogens (tertiary/aromatic N) is 2. The Hall–Kier alpha value is -1.61. The van der Waals surface area contributed by atoms with Gasteiger partial charge in [-0.15, -0.1) is 0 Å². The van der Waals surface area contributed by atoms with E-state index in [9.17, 15) is 15.0 Å². The molecule has 0 bridgehead atoms. The number of carboxylic acid groups (broad SMARTS) is 1. The summed E-state index contributed by atoms with van der Waals surface area (Å²) in [7, 11) is 0. The van der Waals surface area contributed by atoms with E-state index >= 15 is 0 Å². The summed E-state index contributed by atoms with van der Waals surface area (Å²) in [5.41, 5.74) is 0.933. The average molecular weight is 255 g/mol. The van der Waals surface area contributed by atoms with Crippen LogP contribution in [-0.4, -0.2) is 36.6 Å². The number of carboxylic acids is 1. The van der Waals surface area contributed by atoms with Crippen LogP contribution in [0.1, 0.15) is 5.56 Å². The van der Waals surface area contributed by atoms with Crippen molar-refractivity contribution in [1.29, 1.82) is 0 Å². The van der Waals surface area contributed by atoms with Gasteiger partial charge in [-0.1, -0.05) is 6.07 Å². The van der Waals surface area contributed by atoms with Crippen LogP contribution in [0.15, 0.2) is 18.2 Å². The van der Waals surface area contributed by atoms with Crippen molar-refractivity contribution < 1.29 is 20.1 Å². The Bertz CT molecular complexity index is 554. The fourth-order valence-corrected chi connectivity index (χ4v) is 1.93. The van der Waals surface area contributed by atoms with Gasteiger partial charge in [-0.05, 0) is 12.1 Å². The number of fused-ring (bicyclic) bond motifs is 1. The van der Waals surface area contributed by atoms with E-state index in [2.05, 4.69) is 14.1 Å². The lowest BCUT2D eigenvalue weighted by Crippen LogP contribution is -2.44. The van der Waals surface area contributed by atoms with Gasteiger partial charge in [0.05, 0.1) is 23.8 Å². The standard InChI is InChI=1S/C9H9N3O4S/c13-7(14)4-10-9(15,16)5-2-1-3-6-8(5)12-17-11-6/h1-3,10,15-16H,4H2,(H,13,14). The molecule has 0 saturated carbocycles. The van der Waals surface area contributed by atoms with E-state index < -0.39 is 18.4 Å². The maximum Gasteiger partial charge on any atom is 0.317 e. The summed E-state index contributed by atoms with van der Waals surface area (Å²) in [5, 5.41) is 30.1. The monoisotopic (exact) mass is 255 g/mol. The van der Waals surface area contributed by atoms with E-state index in [4.69, 9.17) is 5.11 Å². The van der Waals surface area contributed by atoms with Crippen LogP contribution in [0, 0.1) is 0 Å². The van der Waals surface area contributed by atoms with Crippen LogP contribution in [0.4, 0.5) is 0 Å². The molecule has 0 aliphatic carbocycles. The molecule has 2 rings (SSSR count). The normalized spacial score (nSPS) is 11.9. The first-order valence-electron chi connectivity index (χ1n) is 4.64. The van der Waals surface area contributed by atoms with Crippen molar-refractivity contribution in [3.05, 3.63) is 23.8 Å². The highest BCUT2D eigenvalue weighted by Gasteiger charge is 2.29. The van der Waals surface area contributed by atoms with Crippen LogP contribution in [0.5, 0.6) is 0 Å². The minimum atomic E-state index is -2.45. The van der Waals surface area contributed by atoms with Crippen LogP contribution < -0.4 is 5.32 Å². The molecule has 90 valence electrons. The molecule has 1 heterocycles. The van der Waals surface area contributed by atoms with Crippen LogP contribution in [0.25, 0.3) is 11.0 Å². The molecule has 0 amide bonds. The zero-order valence-electron chi connectivity index (χ0n) is 8.49. The highest BCUT2D eigenvalue weighted by molar-refractivity contribution is 7.00. The van der Waals surface area contributed by atoms with Crippen molar-refractivity contribution in [2.45, 2.75) is 5.91 Å². The second-order valence-corrected chi connectivity index (χ2v) is 3.89. The number of aliphatic carboxylic acids is 1. The van der Waals surface area contributed by atoms with Gasteiger partial charge in [-0.25, -0.2) is 0 Å². The van der Waals surface area contributed by atoms with E-state index in [0.717, 1.165) is 11.7 Å². The third-order valence-electron chi connectivity index (χ3n) is 2.15. The third-order valence-corrected chi connectivity index (χ3v) is 2.69. The second kappa shape index (κ2) is 4.34. The van der Waals surface area contributed by atoms with Crippen LogP contribution >= 0.6 is 11.7 Å². The van der Waals surface area contributed by atoms with Gasteiger partial charge < -0.3 is 15.3 Å². The molecule has 1 aromatic heterocycles. The highest BCUT2D eigenvalue weighted by atomic mass is 32.1. The molecule has 8 heteroatoms. The van der Waals surface area contributed by atoms with Crippen molar-refractivity contribution >= 4 is 28.7 Å². The van der Waals surface area contributed by atoms with E-state index in [-0.39, 0.29) is 5.56 Å². The SMILES string of the molecule is O=C(O)CNC(O)(O)c1cccc2nsnc12. The summed E-state index contributed by atoms with van der Waals surface area (Å²) in [5.74, 6) is -3.64. The lowest BCUT2D eigenvalue weighted by molar-refractivity contribution is -0.196. The van der Waals surface area contributed by atoms with Crippen molar-refractivity contribution in [1.82, 2.24) is 14.1 Å². The number of aromatic nitrogens is 2. The van der Waals surface area contributed by atoms with Gasteiger partial charge in [-0.2, -0.15) is 8.75 Å². The molecule has 2 aromatic rings. The summed E-state index contributed by atoms with van der Waals surface area (Å²) >= 11 is 0.941. The molecule has 0 aliphatic heterocycles. The number of rotatable bonds is 4. The number of aliphatic hydroxyl groups is 2. The maximum absolute atomic E-state index is 10.4. The molecule has 0 atom stereocenters. The average Bonchev–Trinajstić information content (AvgIpc) is 2.74. The Morgan fingerprint density at radius 1 is 1.41 bits per heavy atom. The van der Waals surface area contributed by atoms with Crippen LogP contribution in [0.2, 0.25) is 0 Å². The fraction of sp³-hybridized carbons (Fsp3) is 0.222. The Labute approximate surface area is 99.7 Å². The molecular formula is C9H9N3O4S. The smallest absolute Gasteiger partial charge is 0.317 e. The number of hydrogen-bond donors (Lipinski definition) is 4. The highest BCUT2D eigenvalue weighted by Crippen LogP contribution is 2.23. The predicted octanol–water partition coefficient (Wildman–Crippen LogP) is -0.540. The van der Waals surface area contributed by atoms with Gasteiger partial charge in [0.15, 0.2) is 0 Å². The third kappa shape index (κ3) is 2.39. The Morgan fingerprint density at radius 2 is 2.18 bits per heavy atom. The van der Waals surface area contributed by atoms with Crippen molar-refractivity contribution in [3.8, 4) is 0 Å². The quantitative estimate of drug-likeness (QED) is 0.542. The molecule has 0 saturated heterocycles. The van der Waals surface area contributed by atoms with Gasteiger partial charge in [0.25, 0.3) is 5.91 Å². The Morgan fingerprint density at radius 3 is 2.88 bits per heavy atom. The van der Waals surface area contributed by atoms with Crippen LogP contribution in [0.3, 0.4) is 0 Å². The van der Waals surface area contributed by atoms with Crippen molar-refractivity contribution in [2.75, 3.05) is 6.54 Å². The van der Waals surface area contributed by atoms with E-state index in [1.54, 1.807) is 12.1 Å². The fourth-order valence-electron chi connectivity index (χ4n) is 1.38. The Balaban J connectivity index is 2.37. The number of carbonyl (C=O) groups is 1. The van der Waals surface area contributed by atoms with Gasteiger partial charge in [0, 0.05) is 0 Å². The molecular weight excluding hydrogens is 246 g/mol. The zero-order chi connectivity index (χ0) is 12.5. The largest absolute Gasteiger partial charge is 0.480 e. The van der Waals surface area contributed by atoms with Gasteiger partial charge in [0.2, 0.25) is 0 Å². The second-order valence-electron chi connectivity index (χ2n) is 3.36. The first-order valence-corrected chi connectivity index (χ1v) is 5.37. The van der Waals surface area contributed by atoms with Crippen molar-refractivity contribution in [3.63, 3.8) is 0 Å². The molecule has 17 heavy (non-hydrogen) atoms. The van der Waals surface area contributed by atoms with Gasteiger partial charge >= 0.3 is 5.97 Å². The molecule has 4 N–H and O–H groups in total. The topological polar surface area (TPSA) is 116 Å². The number of hydrogen-bond acceptors (Lipinski definition) is 7. The van der Waals surface area contributed by atoms with E-state index in [1.807, 2.05) is 0 Å². The van der Waals surface area contributed by atoms with Gasteiger partial charge in [-0.3, -0.25) is 10.1 Å². The molecule has 0 spiro atoms. The minimum Gasteiger partial charge on any atom is -0.480 e. The number of nitrogens with one attached hydrogen (secondary N) is 1. The van der Waals surface area contributed by atoms with E-state index in [0.29, 0.717) is 11.0 Å². The molecule has 0 fully saturated rings. The minimum absolute atomic E-state index is 0.0741. The summed E-state index contributed by atoms with van der Waals surface area (Å²) in [6.07, 6.45) is 0. The predicted molar refractivity (Wildman–Crippen MR) is 59.2 cm³/mol. The first-order chi connectivity index (χ1) is 8.00. The zero-order valence-corrected chi connectivity index (χ0v) is 9.31. The molecule has 0 radical (unpaired) electrons. The molecule has 7 nitrogen and oxygen atoms in total. The lowest BCUT2D eigenvalue weighted by Gasteiger charge is -2.22. The summed E-state index contributed by atoms with van der Waals surface area (Å²) < 4.78 is 7.89. The van der Waals surface area contributed by atoms with Crippen LogP contribution in [-0.2, 0) is 10.7 Å². The van der Waals surface area contributed by atoms with Crippen molar-refractivity contribution in [2.24, 2.45) is 0 Å². The molecule has 0 unspecified atom stereocenters. The molecule has 0 aliphatic rings. The van der Waals surface area contributed by atoms with E-state index in [1.165, 1.54) is 6.07 Å². The summed E-state index contributed by atoms with van der Waals surface area (Å²) in [6, 6.07) is 4.71. The summed E-state index contributed by atoms with van der Waals surface area (Å²) in [6.45, 7) is -0.582. The number of benzene rings is 1. The molecule has 1 aromatic carbocycles.